The maximum atomic E-state index is 12.4. The average Bonchev–Trinajstić information content (AvgIpc) is 2.49. The number of aryl methyl sites for hydroxylation is 1. The molecule has 4 heterocycles. The number of ketones is 1. The van der Waals surface area contributed by atoms with E-state index in [1.54, 1.807) is 6.20 Å². The molecule has 0 saturated carbocycles. The average molecular weight is 270 g/mol. The van der Waals surface area contributed by atoms with E-state index in [9.17, 15) is 4.79 Å². The molecule has 0 radical (unpaired) electrons. The molecule has 3 nitrogen and oxygen atoms in total. The van der Waals surface area contributed by atoms with Gasteiger partial charge in [-0.2, -0.15) is 0 Å². The van der Waals surface area contributed by atoms with Crippen LogP contribution in [-0.4, -0.2) is 28.8 Å². The van der Waals surface area contributed by atoms with Crippen LogP contribution < -0.4 is 0 Å². The van der Waals surface area contributed by atoms with Crippen molar-refractivity contribution in [2.24, 2.45) is 5.92 Å². The summed E-state index contributed by atoms with van der Waals surface area (Å²) in [6, 6.07) is 4.10. The summed E-state index contributed by atoms with van der Waals surface area (Å²) < 4.78 is 0. The summed E-state index contributed by atoms with van der Waals surface area (Å²) in [5.74, 6) is 0.713. The molecule has 0 N–H and O–H groups in total. The van der Waals surface area contributed by atoms with E-state index in [4.69, 9.17) is 0 Å². The third kappa shape index (κ3) is 2.62. The number of allylic oxidation sites excluding steroid dienone is 2. The normalized spacial score (nSPS) is 21.4. The minimum absolute atomic E-state index is 0.309. The number of Topliss-reactive ketones (excluding diaryl/α,β-unsaturated/α-hetero) is 1. The van der Waals surface area contributed by atoms with Gasteiger partial charge in [-0.3, -0.25) is 9.78 Å². The molecule has 3 heteroatoms. The Morgan fingerprint density at radius 2 is 2.20 bits per heavy atom. The van der Waals surface area contributed by atoms with Gasteiger partial charge in [-0.1, -0.05) is 6.07 Å². The summed E-state index contributed by atoms with van der Waals surface area (Å²) in [5.41, 5.74) is 3.60. The number of hydrogen-bond acceptors (Lipinski definition) is 3. The fourth-order valence-corrected chi connectivity index (χ4v) is 3.42. The Morgan fingerprint density at radius 3 is 2.85 bits per heavy atom. The summed E-state index contributed by atoms with van der Waals surface area (Å²) in [6.07, 6.45) is 9.00. The van der Waals surface area contributed by atoms with E-state index in [1.807, 2.05) is 12.3 Å². The van der Waals surface area contributed by atoms with Gasteiger partial charge in [0.05, 0.1) is 5.70 Å². The van der Waals surface area contributed by atoms with Gasteiger partial charge >= 0.3 is 0 Å². The number of pyridine rings is 1. The van der Waals surface area contributed by atoms with Crippen molar-refractivity contribution >= 4 is 5.78 Å². The Balaban J connectivity index is 1.62. The quantitative estimate of drug-likeness (QED) is 0.789. The van der Waals surface area contributed by atoms with E-state index in [-0.39, 0.29) is 0 Å². The molecule has 0 aromatic carbocycles. The van der Waals surface area contributed by atoms with Gasteiger partial charge in [-0.05, 0) is 56.2 Å². The lowest BCUT2D eigenvalue weighted by atomic mass is 9.83. The molecule has 3 aliphatic heterocycles. The van der Waals surface area contributed by atoms with Crippen LogP contribution in [0.25, 0.3) is 0 Å². The lowest BCUT2D eigenvalue weighted by Gasteiger charge is -2.42. The van der Waals surface area contributed by atoms with Gasteiger partial charge in [0.1, 0.15) is 0 Å². The van der Waals surface area contributed by atoms with Crippen molar-refractivity contribution in [3.05, 3.63) is 41.4 Å². The van der Waals surface area contributed by atoms with Crippen LogP contribution in [0.2, 0.25) is 0 Å². The SMILES string of the molecule is CC(CCCc1cccnc1)=C1C(=O)C2CCN1CC2. The van der Waals surface area contributed by atoms with E-state index in [2.05, 4.69) is 22.9 Å². The highest BCUT2D eigenvalue weighted by Gasteiger charge is 2.37. The molecular weight excluding hydrogens is 248 g/mol. The van der Waals surface area contributed by atoms with Crippen LogP contribution >= 0.6 is 0 Å². The Labute approximate surface area is 120 Å². The molecule has 0 spiro atoms. The molecule has 0 unspecified atom stereocenters. The number of hydrogen-bond donors (Lipinski definition) is 0. The lowest BCUT2D eigenvalue weighted by molar-refractivity contribution is -0.125. The van der Waals surface area contributed by atoms with Crippen LogP contribution in [0.15, 0.2) is 35.8 Å². The predicted molar refractivity (Wildman–Crippen MR) is 79.2 cm³/mol. The van der Waals surface area contributed by atoms with E-state index in [1.165, 1.54) is 11.1 Å². The Kier molecular flexibility index (Phi) is 3.86. The van der Waals surface area contributed by atoms with Crippen molar-refractivity contribution in [2.75, 3.05) is 13.1 Å². The van der Waals surface area contributed by atoms with Gasteiger partial charge in [-0.15, -0.1) is 0 Å². The van der Waals surface area contributed by atoms with E-state index < -0.39 is 0 Å². The second-order valence-electron chi connectivity index (χ2n) is 5.97. The molecule has 20 heavy (non-hydrogen) atoms. The highest BCUT2D eigenvalue weighted by atomic mass is 16.1. The molecule has 3 saturated heterocycles. The minimum Gasteiger partial charge on any atom is -0.369 e. The standard InChI is InChI=1S/C17H22N2O/c1-13(4-2-5-14-6-3-9-18-12-14)16-17(20)15-7-10-19(16)11-8-15/h3,6,9,12,15H,2,4-5,7-8,10-11H2,1H3. The Bertz CT molecular complexity index is 513. The van der Waals surface area contributed by atoms with Crippen LogP contribution in [0, 0.1) is 5.92 Å². The number of carbonyl (C=O) groups is 1. The second kappa shape index (κ2) is 5.78. The summed E-state index contributed by atoms with van der Waals surface area (Å²) in [7, 11) is 0. The van der Waals surface area contributed by atoms with Crippen molar-refractivity contribution in [1.82, 2.24) is 9.88 Å². The number of aromatic nitrogens is 1. The molecule has 1 aromatic rings. The number of fused-ring (bicyclic) bond motifs is 3. The molecular formula is C17H22N2O. The van der Waals surface area contributed by atoms with Gasteiger partial charge in [0, 0.05) is 31.4 Å². The van der Waals surface area contributed by atoms with E-state index >= 15 is 0 Å². The molecule has 0 aliphatic carbocycles. The van der Waals surface area contributed by atoms with Crippen molar-refractivity contribution in [3.8, 4) is 0 Å². The van der Waals surface area contributed by atoms with Crippen molar-refractivity contribution < 1.29 is 4.79 Å². The van der Waals surface area contributed by atoms with Crippen LogP contribution in [0.4, 0.5) is 0 Å². The molecule has 106 valence electrons. The van der Waals surface area contributed by atoms with Gasteiger partial charge in [-0.25, -0.2) is 0 Å². The highest BCUT2D eigenvalue weighted by Crippen LogP contribution is 2.33. The fourth-order valence-electron chi connectivity index (χ4n) is 3.42. The number of nitrogens with zero attached hydrogens (tertiary/aromatic N) is 2. The summed E-state index contributed by atoms with van der Waals surface area (Å²) in [6.45, 7) is 4.29. The monoisotopic (exact) mass is 270 g/mol. The van der Waals surface area contributed by atoms with Gasteiger partial charge in [0.15, 0.2) is 5.78 Å². The third-order valence-electron chi connectivity index (χ3n) is 4.56. The molecule has 3 aliphatic rings. The Hall–Kier alpha value is -1.64. The van der Waals surface area contributed by atoms with Crippen molar-refractivity contribution in [3.63, 3.8) is 0 Å². The topological polar surface area (TPSA) is 33.2 Å². The summed E-state index contributed by atoms with van der Waals surface area (Å²) in [5, 5.41) is 0. The first-order chi connectivity index (χ1) is 9.75. The van der Waals surface area contributed by atoms with E-state index in [0.717, 1.165) is 50.9 Å². The minimum atomic E-state index is 0.309. The highest BCUT2D eigenvalue weighted by molar-refractivity contribution is 5.98. The molecule has 3 fully saturated rings. The number of carbonyl (C=O) groups excluding carboxylic acids is 1. The largest absolute Gasteiger partial charge is 0.369 e. The first kappa shape index (κ1) is 13.3. The summed E-state index contributed by atoms with van der Waals surface area (Å²) in [4.78, 5) is 18.8. The summed E-state index contributed by atoms with van der Waals surface area (Å²) >= 11 is 0. The fraction of sp³-hybridized carbons (Fsp3) is 0.529. The van der Waals surface area contributed by atoms with Crippen LogP contribution in [0.1, 0.15) is 38.2 Å². The lowest BCUT2D eigenvalue weighted by Crippen LogP contribution is -2.46. The van der Waals surface area contributed by atoms with Crippen molar-refractivity contribution in [1.29, 1.82) is 0 Å². The second-order valence-corrected chi connectivity index (χ2v) is 5.97. The first-order valence-corrected chi connectivity index (χ1v) is 7.63. The smallest absolute Gasteiger partial charge is 0.182 e. The van der Waals surface area contributed by atoms with Crippen LogP contribution in [-0.2, 0) is 11.2 Å². The predicted octanol–water partition coefficient (Wildman–Crippen LogP) is 2.97. The zero-order valence-electron chi connectivity index (χ0n) is 12.1. The maximum Gasteiger partial charge on any atom is 0.182 e. The molecule has 2 bridgehead atoms. The van der Waals surface area contributed by atoms with Gasteiger partial charge in [0.25, 0.3) is 0 Å². The van der Waals surface area contributed by atoms with Gasteiger partial charge in [0.2, 0.25) is 0 Å². The number of piperidine rings is 3. The molecule has 0 amide bonds. The zero-order chi connectivity index (χ0) is 13.9. The van der Waals surface area contributed by atoms with Crippen LogP contribution in [0.3, 0.4) is 0 Å². The van der Waals surface area contributed by atoms with Gasteiger partial charge < -0.3 is 4.90 Å². The zero-order valence-corrected chi connectivity index (χ0v) is 12.1. The van der Waals surface area contributed by atoms with E-state index in [0.29, 0.717) is 11.7 Å². The van der Waals surface area contributed by atoms with Crippen LogP contribution in [0.5, 0.6) is 0 Å². The third-order valence-corrected chi connectivity index (χ3v) is 4.56. The number of rotatable bonds is 4. The molecule has 4 rings (SSSR count). The maximum absolute atomic E-state index is 12.4. The molecule has 1 aromatic heterocycles. The molecule has 0 atom stereocenters. The Morgan fingerprint density at radius 1 is 1.40 bits per heavy atom. The first-order valence-electron chi connectivity index (χ1n) is 7.63. The van der Waals surface area contributed by atoms with Crippen molar-refractivity contribution in [2.45, 2.75) is 39.0 Å².